The monoisotopic (exact) mass is 339 g/mol. The summed E-state index contributed by atoms with van der Waals surface area (Å²) in [7, 11) is -3.51. The van der Waals surface area contributed by atoms with E-state index in [0.717, 1.165) is 24.1 Å². The molecule has 1 aromatic carbocycles. The molecule has 1 aliphatic rings. The van der Waals surface area contributed by atoms with Crippen LogP contribution >= 0.6 is 0 Å². The number of urea groups is 1. The van der Waals surface area contributed by atoms with Gasteiger partial charge in [0.1, 0.15) is 0 Å². The minimum atomic E-state index is -3.51. The molecule has 2 amide bonds. The highest BCUT2D eigenvalue weighted by atomic mass is 32.2. The first-order valence-electron chi connectivity index (χ1n) is 8.09. The number of hydrogen-bond acceptors (Lipinski definition) is 3. The van der Waals surface area contributed by atoms with Gasteiger partial charge in [0.05, 0.1) is 4.90 Å². The number of fused-ring (bicyclic) bond motifs is 1. The van der Waals surface area contributed by atoms with Crippen molar-refractivity contribution in [3.8, 4) is 0 Å². The molecule has 1 aliphatic heterocycles. The molecule has 0 unspecified atom stereocenters. The molecule has 0 bridgehead atoms. The van der Waals surface area contributed by atoms with E-state index in [9.17, 15) is 13.2 Å². The van der Waals surface area contributed by atoms with E-state index in [-0.39, 0.29) is 17.0 Å². The van der Waals surface area contributed by atoms with Crippen molar-refractivity contribution >= 4 is 21.7 Å². The first kappa shape index (κ1) is 17.7. The molecule has 1 aromatic rings. The lowest BCUT2D eigenvalue weighted by atomic mass is 10.2. The third kappa shape index (κ3) is 4.03. The molecule has 0 aliphatic carbocycles. The van der Waals surface area contributed by atoms with E-state index in [1.807, 2.05) is 20.8 Å². The molecule has 1 heterocycles. The van der Waals surface area contributed by atoms with Crippen molar-refractivity contribution < 1.29 is 13.2 Å². The zero-order valence-electron chi connectivity index (χ0n) is 13.9. The largest absolute Gasteiger partial charge is 0.338 e. The number of carbonyl (C=O) groups is 1. The summed E-state index contributed by atoms with van der Waals surface area (Å²) in [6.45, 7) is 6.98. The summed E-state index contributed by atoms with van der Waals surface area (Å²) in [6, 6.07) is 4.73. The van der Waals surface area contributed by atoms with Crippen LogP contribution in [-0.2, 0) is 16.4 Å². The molecule has 0 fully saturated rings. The number of nitrogens with one attached hydrogen (secondary N) is 2. The van der Waals surface area contributed by atoms with Crippen LogP contribution in [0, 0.1) is 0 Å². The van der Waals surface area contributed by atoms with Gasteiger partial charge >= 0.3 is 6.03 Å². The Morgan fingerprint density at radius 2 is 2.09 bits per heavy atom. The molecule has 0 radical (unpaired) electrons. The number of amides is 2. The van der Waals surface area contributed by atoms with E-state index in [2.05, 4.69) is 10.0 Å². The molecular formula is C16H25N3O3S. The van der Waals surface area contributed by atoms with Crippen molar-refractivity contribution in [1.29, 1.82) is 0 Å². The van der Waals surface area contributed by atoms with Crippen LogP contribution in [0.5, 0.6) is 0 Å². The zero-order chi connectivity index (χ0) is 17.0. The maximum atomic E-state index is 12.4. The predicted molar refractivity (Wildman–Crippen MR) is 91.3 cm³/mol. The summed E-state index contributed by atoms with van der Waals surface area (Å²) in [5, 5.41) is 2.85. The van der Waals surface area contributed by atoms with Crippen LogP contribution in [0.1, 0.15) is 39.2 Å². The number of benzene rings is 1. The molecule has 128 valence electrons. The highest BCUT2D eigenvalue weighted by Gasteiger charge is 2.26. The molecule has 0 spiro atoms. The van der Waals surface area contributed by atoms with Crippen LogP contribution in [0.2, 0.25) is 0 Å². The molecule has 0 saturated heterocycles. The Balaban J connectivity index is 2.20. The highest BCUT2D eigenvalue weighted by molar-refractivity contribution is 7.89. The van der Waals surface area contributed by atoms with Crippen LogP contribution in [-0.4, -0.2) is 33.6 Å². The number of carbonyl (C=O) groups excluding carboxylic acids is 1. The molecule has 23 heavy (non-hydrogen) atoms. The molecule has 2 rings (SSSR count). The van der Waals surface area contributed by atoms with Crippen LogP contribution in [0.15, 0.2) is 23.1 Å². The second kappa shape index (κ2) is 7.31. The average molecular weight is 339 g/mol. The van der Waals surface area contributed by atoms with Crippen molar-refractivity contribution in [2.45, 2.75) is 51.0 Å². The number of rotatable bonds is 6. The minimum absolute atomic E-state index is 0.107. The van der Waals surface area contributed by atoms with Gasteiger partial charge in [-0.05, 0) is 49.9 Å². The molecule has 0 aromatic heterocycles. The van der Waals surface area contributed by atoms with E-state index in [0.29, 0.717) is 19.5 Å². The summed E-state index contributed by atoms with van der Waals surface area (Å²) >= 11 is 0. The van der Waals surface area contributed by atoms with Gasteiger partial charge in [-0.3, -0.25) is 4.90 Å². The normalized spacial score (nSPS) is 15.3. The van der Waals surface area contributed by atoms with Gasteiger partial charge in [0.25, 0.3) is 0 Å². The van der Waals surface area contributed by atoms with E-state index >= 15 is 0 Å². The summed E-state index contributed by atoms with van der Waals surface area (Å²) in [6.07, 6.45) is 2.28. The summed E-state index contributed by atoms with van der Waals surface area (Å²) in [5.41, 5.74) is 1.68. The molecule has 7 heteroatoms. The van der Waals surface area contributed by atoms with E-state index in [1.54, 1.807) is 23.1 Å². The Hall–Kier alpha value is -1.60. The van der Waals surface area contributed by atoms with Crippen molar-refractivity contribution in [3.05, 3.63) is 23.8 Å². The molecular weight excluding hydrogens is 314 g/mol. The SMILES string of the molecule is CCCNC(=O)N1CCc2cc(S(=O)(=O)N[C@H](C)CC)ccc21. The molecule has 1 atom stereocenters. The minimum Gasteiger partial charge on any atom is -0.338 e. The fourth-order valence-electron chi connectivity index (χ4n) is 2.50. The van der Waals surface area contributed by atoms with Crippen molar-refractivity contribution in [2.24, 2.45) is 0 Å². The summed E-state index contributed by atoms with van der Waals surface area (Å²) < 4.78 is 27.4. The van der Waals surface area contributed by atoms with Gasteiger partial charge in [0, 0.05) is 24.8 Å². The highest BCUT2D eigenvalue weighted by Crippen LogP contribution is 2.30. The van der Waals surface area contributed by atoms with Gasteiger partial charge in [-0.1, -0.05) is 13.8 Å². The number of sulfonamides is 1. The fourth-order valence-corrected chi connectivity index (χ4v) is 3.88. The predicted octanol–water partition coefficient (Wildman–Crippen LogP) is 2.25. The maximum absolute atomic E-state index is 12.4. The van der Waals surface area contributed by atoms with Crippen LogP contribution in [0.3, 0.4) is 0 Å². The molecule has 0 saturated carbocycles. The van der Waals surface area contributed by atoms with Crippen molar-refractivity contribution in [3.63, 3.8) is 0 Å². The van der Waals surface area contributed by atoms with Gasteiger partial charge in [-0.25, -0.2) is 17.9 Å². The fraction of sp³-hybridized carbons (Fsp3) is 0.562. The smallest absolute Gasteiger partial charge is 0.321 e. The Kier molecular flexibility index (Phi) is 5.64. The van der Waals surface area contributed by atoms with Gasteiger partial charge in [0.15, 0.2) is 0 Å². The van der Waals surface area contributed by atoms with Crippen molar-refractivity contribution in [1.82, 2.24) is 10.0 Å². The Morgan fingerprint density at radius 1 is 1.35 bits per heavy atom. The lowest BCUT2D eigenvalue weighted by Crippen LogP contribution is -2.39. The third-order valence-corrected chi connectivity index (χ3v) is 5.58. The van der Waals surface area contributed by atoms with Gasteiger partial charge in [-0.15, -0.1) is 0 Å². The van der Waals surface area contributed by atoms with Gasteiger partial charge in [0.2, 0.25) is 10.0 Å². The third-order valence-electron chi connectivity index (χ3n) is 4.00. The maximum Gasteiger partial charge on any atom is 0.321 e. The van der Waals surface area contributed by atoms with Crippen LogP contribution in [0.25, 0.3) is 0 Å². The van der Waals surface area contributed by atoms with Crippen LogP contribution < -0.4 is 14.9 Å². The van der Waals surface area contributed by atoms with Gasteiger partial charge < -0.3 is 5.32 Å². The zero-order valence-corrected chi connectivity index (χ0v) is 14.7. The lowest BCUT2D eigenvalue weighted by molar-refractivity contribution is 0.247. The van der Waals surface area contributed by atoms with Crippen molar-refractivity contribution in [2.75, 3.05) is 18.0 Å². The lowest BCUT2D eigenvalue weighted by Gasteiger charge is -2.18. The standard InChI is InChI=1S/C16H25N3O3S/c1-4-9-17-16(20)19-10-8-13-11-14(6-7-15(13)19)23(21,22)18-12(3)5-2/h6-7,11-12,18H,4-5,8-10H2,1-3H3,(H,17,20)/t12-/m1/s1. The van der Waals surface area contributed by atoms with Crippen LogP contribution in [0.4, 0.5) is 10.5 Å². The topological polar surface area (TPSA) is 78.5 Å². The Labute approximate surface area is 138 Å². The second-order valence-electron chi connectivity index (χ2n) is 5.85. The molecule has 6 nitrogen and oxygen atoms in total. The average Bonchev–Trinajstić information content (AvgIpc) is 2.95. The van der Waals surface area contributed by atoms with E-state index < -0.39 is 10.0 Å². The number of anilines is 1. The molecule has 2 N–H and O–H groups in total. The Bertz CT molecular complexity index is 673. The van der Waals surface area contributed by atoms with E-state index in [4.69, 9.17) is 0 Å². The summed E-state index contributed by atoms with van der Waals surface area (Å²) in [5.74, 6) is 0. The van der Waals surface area contributed by atoms with Gasteiger partial charge in [-0.2, -0.15) is 0 Å². The summed E-state index contributed by atoms with van der Waals surface area (Å²) in [4.78, 5) is 14.0. The number of nitrogens with zero attached hydrogens (tertiary/aromatic N) is 1. The second-order valence-corrected chi connectivity index (χ2v) is 7.57. The first-order valence-corrected chi connectivity index (χ1v) is 9.58. The number of hydrogen-bond donors (Lipinski definition) is 2. The first-order chi connectivity index (χ1) is 10.9. The van der Waals surface area contributed by atoms with E-state index in [1.165, 1.54) is 0 Å². The quantitative estimate of drug-likeness (QED) is 0.834. The Morgan fingerprint density at radius 3 is 2.74 bits per heavy atom.